The summed E-state index contributed by atoms with van der Waals surface area (Å²) in [6, 6.07) is 0. The predicted octanol–water partition coefficient (Wildman–Crippen LogP) is 4.73. The van der Waals surface area contributed by atoms with Gasteiger partial charge in [-0.25, -0.2) is 9.59 Å². The van der Waals surface area contributed by atoms with Gasteiger partial charge in [0.15, 0.2) is 0 Å². The smallest absolute Gasteiger partial charge is 0.125 e. The van der Waals surface area contributed by atoms with Gasteiger partial charge in [0.1, 0.15) is 11.9 Å². The normalized spacial score (nSPS) is 47.4. The summed E-state index contributed by atoms with van der Waals surface area (Å²) in [5, 5.41) is 0. The Kier molecular flexibility index (Phi) is 4.02. The van der Waals surface area contributed by atoms with E-state index in [-0.39, 0.29) is 5.41 Å². The van der Waals surface area contributed by atoms with E-state index in [9.17, 15) is 9.59 Å². The zero-order valence-corrected chi connectivity index (χ0v) is 15.3. The minimum absolute atomic E-state index is 0.211. The summed E-state index contributed by atoms with van der Waals surface area (Å²) in [6.07, 6.45) is 17.6. The summed E-state index contributed by atoms with van der Waals surface area (Å²) < 4.78 is 0. The van der Waals surface area contributed by atoms with Gasteiger partial charge in [0.25, 0.3) is 0 Å². The van der Waals surface area contributed by atoms with Crippen molar-refractivity contribution < 1.29 is 9.59 Å². The molecule has 0 aromatic carbocycles. The Hall–Kier alpha value is -1.62. The highest BCUT2D eigenvalue weighted by atomic mass is 16.1. The summed E-state index contributed by atoms with van der Waals surface area (Å²) in [4.78, 5) is 21.7. The molecule has 0 aromatic heterocycles. The third kappa shape index (κ3) is 2.39. The van der Waals surface area contributed by atoms with Crippen LogP contribution >= 0.6 is 0 Å². The SMILES string of the molecule is C[C@]12C=CC(C=C=O)=CC1CC[C@@H]1[C@H]2CC[C@]2(C)C(C=C=O)CC[C@@H]12. The topological polar surface area (TPSA) is 34.1 Å². The van der Waals surface area contributed by atoms with Gasteiger partial charge in [0.2, 0.25) is 0 Å². The summed E-state index contributed by atoms with van der Waals surface area (Å²) >= 11 is 0. The third-order valence-corrected chi connectivity index (χ3v) is 8.44. The number of hydrogen-bond donors (Lipinski definition) is 0. The maximum atomic E-state index is 11.0. The molecule has 2 nitrogen and oxygen atoms in total. The Balaban J connectivity index is 1.64. The lowest BCUT2D eigenvalue weighted by molar-refractivity contribution is -0.0617. The van der Waals surface area contributed by atoms with E-state index in [1.165, 1.54) is 32.1 Å². The van der Waals surface area contributed by atoms with Gasteiger partial charge in [0.05, 0.1) is 0 Å². The molecular weight excluding hydrogens is 308 g/mol. The van der Waals surface area contributed by atoms with E-state index < -0.39 is 0 Å². The van der Waals surface area contributed by atoms with Crippen LogP contribution in [0.25, 0.3) is 0 Å². The van der Waals surface area contributed by atoms with Crippen LogP contribution in [-0.4, -0.2) is 11.9 Å². The van der Waals surface area contributed by atoms with E-state index in [0.717, 1.165) is 29.7 Å². The van der Waals surface area contributed by atoms with Crippen molar-refractivity contribution in [2.45, 2.75) is 52.4 Å². The van der Waals surface area contributed by atoms with Crippen molar-refractivity contribution in [3.8, 4) is 0 Å². The number of allylic oxidation sites excluding steroid dienone is 6. The largest absolute Gasteiger partial charge is 0.234 e. The van der Waals surface area contributed by atoms with Crippen molar-refractivity contribution in [3.63, 3.8) is 0 Å². The first kappa shape index (κ1) is 16.8. The molecule has 4 rings (SSSR count). The molecule has 0 N–H and O–H groups in total. The Morgan fingerprint density at radius 2 is 1.88 bits per heavy atom. The second-order valence-corrected chi connectivity index (χ2v) is 9.20. The van der Waals surface area contributed by atoms with Crippen LogP contribution in [0.2, 0.25) is 0 Å². The fourth-order valence-corrected chi connectivity index (χ4v) is 7.05. The molecule has 0 amide bonds. The van der Waals surface area contributed by atoms with E-state index >= 15 is 0 Å². The average Bonchev–Trinajstić information content (AvgIpc) is 2.93. The molecule has 0 saturated heterocycles. The molecule has 7 atom stereocenters. The standard InChI is InChI=1S/C23H28O2/c1-22-12-8-21-19(20(22)6-4-17(22)10-14-25)5-3-18-15-16(9-13-24)7-11-23(18,21)2/h7,9-11,15,17-21H,3-6,8,12H2,1-2H3/t17?,18?,19-,20-,21+,22+,23-/m0/s1. The lowest BCUT2D eigenvalue weighted by Gasteiger charge is -2.58. The molecule has 3 fully saturated rings. The quantitative estimate of drug-likeness (QED) is 0.683. The number of rotatable bonds is 2. The first-order valence-corrected chi connectivity index (χ1v) is 9.86. The lowest BCUT2D eigenvalue weighted by Crippen LogP contribution is -2.51. The highest BCUT2D eigenvalue weighted by Crippen LogP contribution is 2.66. The van der Waals surface area contributed by atoms with E-state index in [1.54, 1.807) is 6.08 Å². The van der Waals surface area contributed by atoms with Gasteiger partial charge in [-0.15, -0.1) is 0 Å². The lowest BCUT2D eigenvalue weighted by atomic mass is 9.46. The van der Waals surface area contributed by atoms with Crippen molar-refractivity contribution in [2.75, 3.05) is 0 Å². The van der Waals surface area contributed by atoms with Crippen molar-refractivity contribution in [2.24, 2.45) is 40.4 Å². The molecule has 132 valence electrons. The van der Waals surface area contributed by atoms with Crippen molar-refractivity contribution in [1.82, 2.24) is 0 Å². The Labute approximate surface area is 150 Å². The zero-order chi connectivity index (χ0) is 17.7. The van der Waals surface area contributed by atoms with Crippen molar-refractivity contribution in [1.29, 1.82) is 0 Å². The molecule has 0 aromatic rings. The molecule has 0 radical (unpaired) electrons. The first-order valence-electron chi connectivity index (χ1n) is 9.86. The summed E-state index contributed by atoms with van der Waals surface area (Å²) in [5.74, 6) is 7.20. The maximum absolute atomic E-state index is 11.0. The van der Waals surface area contributed by atoms with Gasteiger partial charge < -0.3 is 0 Å². The summed E-state index contributed by atoms with van der Waals surface area (Å²) in [5.41, 5.74) is 1.53. The molecule has 0 heterocycles. The third-order valence-electron chi connectivity index (χ3n) is 8.44. The molecule has 0 spiro atoms. The minimum atomic E-state index is 0.211. The predicted molar refractivity (Wildman–Crippen MR) is 99.1 cm³/mol. The van der Waals surface area contributed by atoms with Gasteiger partial charge in [-0.3, -0.25) is 0 Å². The van der Waals surface area contributed by atoms with E-state index in [4.69, 9.17) is 0 Å². The van der Waals surface area contributed by atoms with E-state index in [1.807, 2.05) is 12.0 Å². The van der Waals surface area contributed by atoms with E-state index in [0.29, 0.717) is 17.3 Å². The van der Waals surface area contributed by atoms with Gasteiger partial charge in [0, 0.05) is 12.2 Å². The molecule has 2 unspecified atom stereocenters. The zero-order valence-electron chi connectivity index (χ0n) is 15.3. The fraction of sp³-hybridized carbons (Fsp3) is 0.652. The Morgan fingerprint density at radius 3 is 2.64 bits per heavy atom. The molecule has 0 aliphatic heterocycles. The van der Waals surface area contributed by atoms with Crippen LogP contribution in [0.3, 0.4) is 0 Å². The number of fused-ring (bicyclic) bond motifs is 5. The molecular formula is C23H28O2. The summed E-state index contributed by atoms with van der Waals surface area (Å²) in [7, 11) is 0. The highest BCUT2D eigenvalue weighted by Gasteiger charge is 2.58. The second-order valence-electron chi connectivity index (χ2n) is 9.20. The van der Waals surface area contributed by atoms with Crippen molar-refractivity contribution in [3.05, 3.63) is 36.0 Å². The minimum Gasteiger partial charge on any atom is -0.234 e. The van der Waals surface area contributed by atoms with Gasteiger partial charge >= 0.3 is 0 Å². The first-order chi connectivity index (χ1) is 12.0. The molecule has 4 aliphatic carbocycles. The maximum Gasteiger partial charge on any atom is 0.125 e. The van der Waals surface area contributed by atoms with E-state index in [2.05, 4.69) is 38.0 Å². The van der Waals surface area contributed by atoms with Crippen LogP contribution in [0.1, 0.15) is 52.4 Å². The monoisotopic (exact) mass is 336 g/mol. The molecule has 2 heteroatoms. The van der Waals surface area contributed by atoms with Crippen LogP contribution in [-0.2, 0) is 9.59 Å². The Bertz CT molecular complexity index is 718. The molecule has 4 aliphatic rings. The van der Waals surface area contributed by atoms with Crippen LogP contribution in [0.4, 0.5) is 0 Å². The summed E-state index contributed by atoms with van der Waals surface area (Å²) in [6.45, 7) is 4.86. The molecule has 25 heavy (non-hydrogen) atoms. The van der Waals surface area contributed by atoms with Crippen LogP contribution < -0.4 is 0 Å². The molecule has 3 saturated carbocycles. The van der Waals surface area contributed by atoms with Gasteiger partial charge in [-0.2, -0.15) is 0 Å². The second kappa shape index (κ2) is 5.97. The van der Waals surface area contributed by atoms with Crippen LogP contribution in [0.5, 0.6) is 0 Å². The number of carbonyl (C=O) groups excluding carboxylic acids is 2. The molecule has 0 bridgehead atoms. The fourth-order valence-electron chi connectivity index (χ4n) is 7.05. The van der Waals surface area contributed by atoms with Gasteiger partial charge in [-0.05, 0) is 84.5 Å². The van der Waals surface area contributed by atoms with Crippen LogP contribution in [0.15, 0.2) is 36.0 Å². The highest BCUT2D eigenvalue weighted by molar-refractivity contribution is 5.56. The van der Waals surface area contributed by atoms with Crippen molar-refractivity contribution >= 4 is 11.9 Å². The van der Waals surface area contributed by atoms with Gasteiger partial charge in [-0.1, -0.05) is 32.1 Å². The Morgan fingerprint density at radius 1 is 1.04 bits per heavy atom. The average molecular weight is 336 g/mol. The van der Waals surface area contributed by atoms with Crippen LogP contribution in [0, 0.1) is 40.4 Å². The number of hydrogen-bond acceptors (Lipinski definition) is 2.